The molecule has 1 N–H and O–H groups in total. The minimum absolute atomic E-state index is 0.201. The second-order valence-electron chi connectivity index (χ2n) is 6.02. The van der Waals surface area contributed by atoms with Crippen LogP contribution >= 0.6 is 0 Å². The van der Waals surface area contributed by atoms with Gasteiger partial charge in [-0.2, -0.15) is 0 Å². The van der Waals surface area contributed by atoms with Crippen molar-refractivity contribution in [2.75, 3.05) is 13.1 Å². The van der Waals surface area contributed by atoms with Gasteiger partial charge in [-0.3, -0.25) is 0 Å². The number of hydrogen-bond acceptors (Lipinski definition) is 1. The lowest BCUT2D eigenvalue weighted by Crippen LogP contribution is -2.19. The maximum Gasteiger partial charge on any atom is 0.123 e. The molecule has 0 fully saturated rings. The minimum atomic E-state index is -0.201. The molecule has 0 aliphatic heterocycles. The van der Waals surface area contributed by atoms with Gasteiger partial charge in [-0.05, 0) is 53.8 Å². The van der Waals surface area contributed by atoms with Gasteiger partial charge in [0.2, 0.25) is 0 Å². The zero-order valence-corrected chi connectivity index (χ0v) is 13.6. The van der Waals surface area contributed by atoms with Crippen LogP contribution in [0.5, 0.6) is 0 Å². The number of allylic oxidation sites excluding steroid dienone is 1. The number of benzene rings is 2. The zero-order chi connectivity index (χ0) is 15.9. The van der Waals surface area contributed by atoms with Gasteiger partial charge in [0.15, 0.2) is 0 Å². The molecule has 2 heteroatoms. The summed E-state index contributed by atoms with van der Waals surface area (Å²) in [6, 6.07) is 15.0. The molecule has 2 aromatic rings. The molecule has 0 amide bonds. The molecule has 0 aliphatic carbocycles. The maximum atomic E-state index is 13.0. The first kappa shape index (κ1) is 16.4. The summed E-state index contributed by atoms with van der Waals surface area (Å²) >= 11 is 0. The van der Waals surface area contributed by atoms with Crippen LogP contribution in [-0.2, 0) is 0 Å². The van der Waals surface area contributed by atoms with Crippen molar-refractivity contribution in [3.05, 3.63) is 66.0 Å². The van der Waals surface area contributed by atoms with E-state index in [-0.39, 0.29) is 5.82 Å². The topological polar surface area (TPSA) is 12.0 Å². The van der Waals surface area contributed by atoms with Gasteiger partial charge in [-0.25, -0.2) is 4.39 Å². The second-order valence-corrected chi connectivity index (χ2v) is 6.02. The van der Waals surface area contributed by atoms with Crippen LogP contribution in [0.2, 0.25) is 0 Å². The van der Waals surface area contributed by atoms with E-state index in [1.54, 1.807) is 0 Å². The van der Waals surface area contributed by atoms with Crippen molar-refractivity contribution in [3.63, 3.8) is 0 Å². The smallest absolute Gasteiger partial charge is 0.123 e. The van der Waals surface area contributed by atoms with Crippen molar-refractivity contribution in [1.82, 2.24) is 5.32 Å². The molecule has 2 aromatic carbocycles. The van der Waals surface area contributed by atoms with Crippen LogP contribution in [0.15, 0.2) is 54.6 Å². The molecule has 0 atom stereocenters. The average Bonchev–Trinajstić information content (AvgIpc) is 2.52. The van der Waals surface area contributed by atoms with Crippen molar-refractivity contribution < 1.29 is 4.39 Å². The summed E-state index contributed by atoms with van der Waals surface area (Å²) in [5.74, 6) is 0.469. The van der Waals surface area contributed by atoms with Crippen molar-refractivity contribution in [1.29, 1.82) is 0 Å². The molecular weight excluding hydrogens is 273 g/mol. The van der Waals surface area contributed by atoms with Gasteiger partial charge in [-0.15, -0.1) is 0 Å². The maximum absolute atomic E-state index is 13.0. The van der Waals surface area contributed by atoms with E-state index in [1.165, 1.54) is 23.3 Å². The normalized spacial score (nSPS) is 12.0. The Hall–Kier alpha value is -1.93. The first-order valence-electron chi connectivity index (χ1n) is 7.80. The molecule has 0 radical (unpaired) electrons. The molecule has 0 saturated carbocycles. The third kappa shape index (κ3) is 4.81. The Labute approximate surface area is 132 Å². The van der Waals surface area contributed by atoms with E-state index >= 15 is 0 Å². The third-order valence-electron chi connectivity index (χ3n) is 3.62. The van der Waals surface area contributed by atoms with Gasteiger partial charge in [0.05, 0.1) is 0 Å². The predicted molar refractivity (Wildman–Crippen MR) is 93.2 cm³/mol. The molecule has 1 nitrogen and oxygen atoms in total. The number of nitrogens with one attached hydrogen (secondary N) is 1. The fourth-order valence-electron chi connectivity index (χ4n) is 2.28. The van der Waals surface area contributed by atoms with E-state index in [4.69, 9.17) is 0 Å². The van der Waals surface area contributed by atoms with Crippen molar-refractivity contribution in [2.24, 2.45) is 5.92 Å². The van der Waals surface area contributed by atoms with Gasteiger partial charge in [0.1, 0.15) is 5.82 Å². The van der Waals surface area contributed by atoms with E-state index < -0.39 is 0 Å². The van der Waals surface area contributed by atoms with E-state index in [0.717, 1.165) is 24.2 Å². The number of hydrogen-bond donors (Lipinski definition) is 1. The van der Waals surface area contributed by atoms with Crippen molar-refractivity contribution in [3.8, 4) is 11.1 Å². The lowest BCUT2D eigenvalue weighted by Gasteiger charge is -2.07. The highest BCUT2D eigenvalue weighted by Gasteiger charge is 2.00. The fourth-order valence-corrected chi connectivity index (χ4v) is 2.28. The zero-order valence-electron chi connectivity index (χ0n) is 13.6. The Kier molecular flexibility index (Phi) is 5.91. The van der Waals surface area contributed by atoms with E-state index in [2.05, 4.69) is 56.4 Å². The molecule has 0 aromatic heterocycles. The Morgan fingerprint density at radius 2 is 1.55 bits per heavy atom. The lowest BCUT2D eigenvalue weighted by molar-refractivity contribution is 0.577. The van der Waals surface area contributed by atoms with Crippen LogP contribution in [-0.4, -0.2) is 13.1 Å². The van der Waals surface area contributed by atoms with Crippen LogP contribution in [0.4, 0.5) is 4.39 Å². The quantitative estimate of drug-likeness (QED) is 0.728. The molecule has 0 unspecified atom stereocenters. The van der Waals surface area contributed by atoms with Gasteiger partial charge < -0.3 is 5.32 Å². The van der Waals surface area contributed by atoms with Crippen LogP contribution < -0.4 is 5.32 Å². The minimum Gasteiger partial charge on any atom is -0.313 e. The summed E-state index contributed by atoms with van der Waals surface area (Å²) in [7, 11) is 0. The van der Waals surface area contributed by atoms with Crippen LogP contribution in [0.1, 0.15) is 26.3 Å². The molecular formula is C20H24FN. The third-order valence-corrected chi connectivity index (χ3v) is 3.62. The summed E-state index contributed by atoms with van der Waals surface area (Å²) < 4.78 is 13.0. The predicted octanol–water partition coefficient (Wildman–Crippen LogP) is 5.14. The monoisotopic (exact) mass is 297 g/mol. The highest BCUT2D eigenvalue weighted by molar-refractivity contribution is 5.69. The second kappa shape index (κ2) is 7.90. The van der Waals surface area contributed by atoms with Gasteiger partial charge in [-0.1, -0.05) is 56.3 Å². The van der Waals surface area contributed by atoms with Gasteiger partial charge in [0.25, 0.3) is 0 Å². The van der Waals surface area contributed by atoms with Crippen molar-refractivity contribution in [2.45, 2.75) is 20.8 Å². The van der Waals surface area contributed by atoms with E-state index in [0.29, 0.717) is 5.92 Å². The summed E-state index contributed by atoms with van der Waals surface area (Å²) in [5, 5.41) is 3.42. The Bertz CT molecular complexity index is 609. The summed E-state index contributed by atoms with van der Waals surface area (Å²) in [6.45, 7) is 8.47. The van der Waals surface area contributed by atoms with Gasteiger partial charge >= 0.3 is 0 Å². The van der Waals surface area contributed by atoms with Crippen LogP contribution in [0.25, 0.3) is 16.7 Å². The molecule has 0 saturated heterocycles. The van der Waals surface area contributed by atoms with E-state index in [9.17, 15) is 4.39 Å². The average molecular weight is 297 g/mol. The SMILES string of the molecule is CC(=CCNCC(C)C)c1ccc(-c2ccc(F)cc2)cc1. The Balaban J connectivity index is 2.01. The first-order valence-corrected chi connectivity index (χ1v) is 7.80. The Morgan fingerprint density at radius 3 is 2.09 bits per heavy atom. The van der Waals surface area contributed by atoms with Crippen molar-refractivity contribution >= 4 is 5.57 Å². The molecule has 0 heterocycles. The van der Waals surface area contributed by atoms with E-state index in [1.807, 2.05) is 12.1 Å². The fraction of sp³-hybridized carbons (Fsp3) is 0.300. The lowest BCUT2D eigenvalue weighted by atomic mass is 10.0. The van der Waals surface area contributed by atoms with Gasteiger partial charge in [0, 0.05) is 6.54 Å². The summed E-state index contributed by atoms with van der Waals surface area (Å²) in [5.41, 5.74) is 4.63. The first-order chi connectivity index (χ1) is 10.6. The highest BCUT2D eigenvalue weighted by atomic mass is 19.1. The molecule has 0 bridgehead atoms. The number of rotatable bonds is 6. The largest absolute Gasteiger partial charge is 0.313 e. The molecule has 0 spiro atoms. The highest BCUT2D eigenvalue weighted by Crippen LogP contribution is 2.22. The molecule has 22 heavy (non-hydrogen) atoms. The molecule has 2 rings (SSSR count). The van der Waals surface area contributed by atoms with Crippen LogP contribution in [0, 0.1) is 11.7 Å². The Morgan fingerprint density at radius 1 is 1.00 bits per heavy atom. The standard InChI is InChI=1S/C20H24FN/c1-15(2)14-22-13-12-16(3)17-4-6-18(7-5-17)19-8-10-20(21)11-9-19/h4-12,15,22H,13-14H2,1-3H3. The van der Waals surface area contributed by atoms with Crippen LogP contribution in [0.3, 0.4) is 0 Å². The molecule has 116 valence electrons. The summed E-state index contributed by atoms with van der Waals surface area (Å²) in [6.07, 6.45) is 2.22. The summed E-state index contributed by atoms with van der Waals surface area (Å²) in [4.78, 5) is 0. The number of halogens is 1. The molecule has 0 aliphatic rings.